The number of hydrogen-bond acceptors (Lipinski definition) is 4. The number of likely N-dealkylation sites (N-methyl/N-ethyl adjacent to an activating group) is 1. The third-order valence-electron chi connectivity index (χ3n) is 3.89. The van der Waals surface area contributed by atoms with Gasteiger partial charge in [0.2, 0.25) is 5.91 Å². The van der Waals surface area contributed by atoms with Crippen molar-refractivity contribution in [2.75, 3.05) is 60.5 Å². The van der Waals surface area contributed by atoms with Crippen molar-refractivity contribution in [2.45, 2.75) is 12.8 Å². The van der Waals surface area contributed by atoms with Crippen LogP contribution in [0.4, 0.5) is 4.39 Å². The summed E-state index contributed by atoms with van der Waals surface area (Å²) in [6.07, 6.45) is 1.18. The van der Waals surface area contributed by atoms with Crippen LogP contribution in [0.25, 0.3) is 0 Å². The van der Waals surface area contributed by atoms with Crippen LogP contribution in [0, 0.1) is 5.82 Å². The molecule has 0 radical (unpaired) electrons. The fourth-order valence-corrected chi connectivity index (χ4v) is 2.45. The molecule has 1 rings (SSSR count). The largest absolute Gasteiger partial charge is 0.385 e. The molecule has 0 aliphatic rings. The monoisotopic (exact) mass is 509 g/mol. The number of methoxy groups -OCH3 is 1. The summed E-state index contributed by atoms with van der Waals surface area (Å²) < 4.78 is 18.2. The molecule has 0 saturated carbocycles. The molecule has 0 fully saturated rings. The number of guanidine groups is 1. The van der Waals surface area contributed by atoms with Gasteiger partial charge in [0.25, 0.3) is 0 Å². The van der Waals surface area contributed by atoms with E-state index in [2.05, 4.69) is 32.9 Å². The third-order valence-corrected chi connectivity index (χ3v) is 3.89. The van der Waals surface area contributed by atoms with Gasteiger partial charge in [-0.1, -0.05) is 12.1 Å². The fourth-order valence-electron chi connectivity index (χ4n) is 2.45. The Labute approximate surface area is 184 Å². The van der Waals surface area contributed by atoms with E-state index in [4.69, 9.17) is 4.74 Å². The lowest BCUT2D eigenvalue weighted by molar-refractivity contribution is -0.120. The molecule has 0 spiro atoms. The zero-order valence-electron chi connectivity index (χ0n) is 17.0. The SMILES string of the molecule is CN=C(NCCNC(=O)Cc1cccc(F)c1)NCCN(C)CCCOC.I. The van der Waals surface area contributed by atoms with E-state index in [0.29, 0.717) is 24.6 Å². The van der Waals surface area contributed by atoms with Crippen molar-refractivity contribution in [2.24, 2.45) is 4.99 Å². The summed E-state index contributed by atoms with van der Waals surface area (Å²) in [4.78, 5) is 18.3. The molecule has 9 heteroatoms. The Balaban J connectivity index is 0.00000729. The van der Waals surface area contributed by atoms with Crippen molar-refractivity contribution in [3.05, 3.63) is 35.6 Å². The van der Waals surface area contributed by atoms with Gasteiger partial charge in [0.1, 0.15) is 5.82 Å². The van der Waals surface area contributed by atoms with Gasteiger partial charge in [-0.25, -0.2) is 4.39 Å². The number of nitrogens with zero attached hydrogens (tertiary/aromatic N) is 2. The van der Waals surface area contributed by atoms with Gasteiger partial charge in [-0.3, -0.25) is 9.79 Å². The molecule has 1 amide bonds. The Kier molecular flexibility index (Phi) is 15.6. The molecule has 3 N–H and O–H groups in total. The quantitative estimate of drug-likeness (QED) is 0.171. The topological polar surface area (TPSA) is 78.0 Å². The van der Waals surface area contributed by atoms with E-state index in [9.17, 15) is 9.18 Å². The summed E-state index contributed by atoms with van der Waals surface area (Å²) in [6.45, 7) is 4.44. The Morgan fingerprint density at radius 3 is 2.57 bits per heavy atom. The zero-order valence-corrected chi connectivity index (χ0v) is 19.3. The fraction of sp³-hybridized carbons (Fsp3) is 0.579. The first-order chi connectivity index (χ1) is 13.0. The molecule has 0 aromatic heterocycles. The van der Waals surface area contributed by atoms with Crippen LogP contribution in [-0.4, -0.2) is 77.3 Å². The van der Waals surface area contributed by atoms with E-state index in [1.807, 2.05) is 0 Å². The minimum absolute atomic E-state index is 0. The van der Waals surface area contributed by atoms with Gasteiger partial charge in [-0.2, -0.15) is 0 Å². The number of carbonyl (C=O) groups excluding carboxylic acids is 1. The molecule has 0 atom stereocenters. The maximum Gasteiger partial charge on any atom is 0.224 e. The van der Waals surface area contributed by atoms with E-state index in [-0.39, 0.29) is 42.1 Å². The summed E-state index contributed by atoms with van der Waals surface area (Å²) in [6, 6.07) is 6.07. The number of carbonyl (C=O) groups is 1. The molecule has 28 heavy (non-hydrogen) atoms. The number of amides is 1. The summed E-state index contributed by atoms with van der Waals surface area (Å²) in [5, 5.41) is 9.19. The second-order valence-corrected chi connectivity index (χ2v) is 6.23. The summed E-state index contributed by atoms with van der Waals surface area (Å²) >= 11 is 0. The molecule has 160 valence electrons. The van der Waals surface area contributed by atoms with Crippen molar-refractivity contribution in [1.29, 1.82) is 0 Å². The lowest BCUT2D eigenvalue weighted by atomic mass is 10.1. The zero-order chi connectivity index (χ0) is 19.9. The minimum atomic E-state index is -0.332. The highest BCUT2D eigenvalue weighted by Crippen LogP contribution is 2.03. The van der Waals surface area contributed by atoms with E-state index in [0.717, 1.165) is 32.7 Å². The van der Waals surface area contributed by atoms with E-state index in [1.54, 1.807) is 26.3 Å². The number of benzene rings is 1. The van der Waals surface area contributed by atoms with E-state index < -0.39 is 0 Å². The van der Waals surface area contributed by atoms with Crippen LogP contribution in [0.5, 0.6) is 0 Å². The second kappa shape index (κ2) is 16.5. The Bertz CT molecular complexity index is 589. The number of hydrogen-bond donors (Lipinski definition) is 3. The molecule has 1 aromatic carbocycles. The van der Waals surface area contributed by atoms with Crippen molar-refractivity contribution in [3.63, 3.8) is 0 Å². The molecule has 0 saturated heterocycles. The van der Waals surface area contributed by atoms with Crippen LogP contribution in [-0.2, 0) is 16.0 Å². The maximum atomic E-state index is 13.1. The first kappa shape index (κ1) is 26.5. The molecule has 7 nitrogen and oxygen atoms in total. The molecule has 0 aliphatic carbocycles. The molecule has 1 aromatic rings. The Hall–Kier alpha value is -1.46. The molecular formula is C19H33FIN5O2. The van der Waals surface area contributed by atoms with Crippen LogP contribution >= 0.6 is 24.0 Å². The van der Waals surface area contributed by atoms with Crippen LogP contribution in [0.3, 0.4) is 0 Å². The van der Waals surface area contributed by atoms with Gasteiger partial charge in [0.05, 0.1) is 6.42 Å². The third kappa shape index (κ3) is 12.8. The van der Waals surface area contributed by atoms with Crippen molar-refractivity contribution in [1.82, 2.24) is 20.9 Å². The first-order valence-corrected chi connectivity index (χ1v) is 9.18. The summed E-state index contributed by atoms with van der Waals surface area (Å²) in [5.41, 5.74) is 0.660. The average molecular weight is 509 g/mol. The predicted molar refractivity (Wildman–Crippen MR) is 122 cm³/mol. The normalized spacial score (nSPS) is 11.1. The van der Waals surface area contributed by atoms with Crippen LogP contribution in [0.15, 0.2) is 29.3 Å². The van der Waals surface area contributed by atoms with Crippen molar-refractivity contribution in [3.8, 4) is 0 Å². The molecule has 0 bridgehead atoms. The van der Waals surface area contributed by atoms with Gasteiger partial charge in [-0.15, -0.1) is 24.0 Å². The predicted octanol–water partition coefficient (Wildman–Crippen LogP) is 1.24. The van der Waals surface area contributed by atoms with Crippen LogP contribution in [0.2, 0.25) is 0 Å². The number of rotatable bonds is 12. The highest BCUT2D eigenvalue weighted by atomic mass is 127. The molecule has 0 unspecified atom stereocenters. The average Bonchev–Trinajstić information content (AvgIpc) is 2.64. The van der Waals surface area contributed by atoms with Gasteiger partial charge in [0, 0.05) is 53.5 Å². The van der Waals surface area contributed by atoms with E-state index >= 15 is 0 Å². The van der Waals surface area contributed by atoms with E-state index in [1.165, 1.54) is 12.1 Å². The lowest BCUT2D eigenvalue weighted by Crippen LogP contribution is -2.43. The first-order valence-electron chi connectivity index (χ1n) is 9.18. The van der Waals surface area contributed by atoms with Crippen LogP contribution in [0.1, 0.15) is 12.0 Å². The number of nitrogens with one attached hydrogen (secondary N) is 3. The number of halogens is 2. The van der Waals surface area contributed by atoms with Crippen molar-refractivity contribution >= 4 is 35.8 Å². The number of ether oxygens (including phenoxy) is 1. The minimum Gasteiger partial charge on any atom is -0.385 e. The van der Waals surface area contributed by atoms with Gasteiger partial charge in [0.15, 0.2) is 5.96 Å². The highest BCUT2D eigenvalue weighted by molar-refractivity contribution is 14.0. The summed E-state index contributed by atoms with van der Waals surface area (Å²) in [7, 11) is 5.49. The molecular weight excluding hydrogens is 476 g/mol. The molecule has 0 heterocycles. The Morgan fingerprint density at radius 1 is 1.18 bits per heavy atom. The molecule has 0 aliphatic heterocycles. The summed E-state index contributed by atoms with van der Waals surface area (Å²) in [5.74, 6) is 0.226. The highest BCUT2D eigenvalue weighted by Gasteiger charge is 2.04. The second-order valence-electron chi connectivity index (χ2n) is 6.23. The standard InChI is InChI=1S/C19H32FN5O2.HI/c1-21-19(24-10-12-25(2)11-5-13-27-3)23-9-8-22-18(26)15-16-6-4-7-17(20)14-16;/h4,6-7,14H,5,8-13,15H2,1-3H3,(H,22,26)(H2,21,23,24);1H. The van der Waals surface area contributed by atoms with Gasteiger partial charge in [-0.05, 0) is 31.2 Å². The smallest absolute Gasteiger partial charge is 0.224 e. The Morgan fingerprint density at radius 2 is 1.89 bits per heavy atom. The number of aliphatic imine (C=N–C) groups is 1. The van der Waals surface area contributed by atoms with Crippen molar-refractivity contribution < 1.29 is 13.9 Å². The lowest BCUT2D eigenvalue weighted by Gasteiger charge is -2.18. The maximum absolute atomic E-state index is 13.1. The van der Waals surface area contributed by atoms with Gasteiger partial charge < -0.3 is 25.6 Å². The van der Waals surface area contributed by atoms with Gasteiger partial charge >= 0.3 is 0 Å². The van der Waals surface area contributed by atoms with Crippen LogP contribution < -0.4 is 16.0 Å².